The number of halogens is 1. The molecule has 388 valence electrons. The third-order valence-electron chi connectivity index (χ3n) is 13.2. The zero-order valence-corrected chi connectivity index (χ0v) is 44.6. The highest BCUT2D eigenvalue weighted by atomic mass is 19.1. The number of carbonyl (C=O) groups excluding carboxylic acids is 4. The van der Waals surface area contributed by atoms with Crippen LogP contribution in [0.15, 0.2) is 118 Å². The average Bonchev–Trinajstić information content (AvgIpc) is 4.05. The van der Waals surface area contributed by atoms with Crippen molar-refractivity contribution in [3.8, 4) is 57.0 Å². The van der Waals surface area contributed by atoms with Crippen molar-refractivity contribution < 1.29 is 32.4 Å². The van der Waals surface area contributed by atoms with E-state index in [1.807, 2.05) is 62.4 Å². The number of furan rings is 2. The first-order valence-electron chi connectivity index (χ1n) is 25.1. The lowest BCUT2D eigenvalue weighted by molar-refractivity contribution is 0.0920. The summed E-state index contributed by atoms with van der Waals surface area (Å²) in [6, 6.07) is 35.8. The molecule has 0 saturated carbocycles. The van der Waals surface area contributed by atoms with Crippen molar-refractivity contribution in [3.63, 3.8) is 0 Å². The largest absolute Gasteiger partial charge is 0.437 e. The molecule has 76 heavy (non-hydrogen) atoms. The predicted octanol–water partition coefficient (Wildman–Crippen LogP) is 12.6. The molecule has 0 unspecified atom stereocenters. The van der Waals surface area contributed by atoms with Gasteiger partial charge in [0, 0.05) is 47.5 Å². The van der Waals surface area contributed by atoms with E-state index >= 15 is 0 Å². The number of benzene rings is 4. The molecule has 0 spiro atoms. The molecule has 0 fully saturated rings. The molecule has 8 aromatic rings. The van der Waals surface area contributed by atoms with Crippen molar-refractivity contribution in [2.75, 3.05) is 14.1 Å². The van der Waals surface area contributed by atoms with Gasteiger partial charge in [-0.25, -0.2) is 14.4 Å². The smallest absolute Gasteiger partial charge is 0.255 e. The molecule has 4 aromatic heterocycles. The van der Waals surface area contributed by atoms with Gasteiger partial charge in [0.05, 0.1) is 45.4 Å². The molecule has 15 heteroatoms. The number of hydrogen-bond donors (Lipinski definition) is 4. The Labute approximate surface area is 441 Å². The number of carbonyl (C=O) groups is 4. The second-order valence-electron chi connectivity index (χ2n) is 19.9. The Hall–Kier alpha value is -8.95. The molecule has 0 saturated heterocycles. The van der Waals surface area contributed by atoms with Gasteiger partial charge in [-0.1, -0.05) is 81.8 Å². The molecule has 0 aliphatic rings. The van der Waals surface area contributed by atoms with Crippen LogP contribution in [0.3, 0.4) is 0 Å². The second kappa shape index (κ2) is 22.7. The Morgan fingerprint density at radius 3 is 1.32 bits per heavy atom. The number of pyridine rings is 2. The first kappa shape index (κ1) is 54.8. The van der Waals surface area contributed by atoms with Crippen LogP contribution in [-0.4, -0.2) is 58.8 Å². The molecular formula is C61H61FN8O6. The number of hydrogen-bond acceptors (Lipinski definition) is 10. The molecule has 8 rings (SSSR count). The van der Waals surface area contributed by atoms with E-state index in [-0.39, 0.29) is 35.5 Å². The van der Waals surface area contributed by atoms with E-state index < -0.39 is 16.9 Å². The van der Waals surface area contributed by atoms with Crippen molar-refractivity contribution in [1.29, 1.82) is 10.5 Å². The van der Waals surface area contributed by atoms with E-state index in [1.54, 1.807) is 83.3 Å². The van der Waals surface area contributed by atoms with E-state index in [4.69, 9.17) is 18.8 Å². The van der Waals surface area contributed by atoms with Crippen LogP contribution in [-0.2, 0) is 0 Å². The molecule has 0 bridgehead atoms. The molecule has 14 nitrogen and oxygen atoms in total. The van der Waals surface area contributed by atoms with Crippen molar-refractivity contribution in [2.24, 2.45) is 0 Å². The van der Waals surface area contributed by atoms with Gasteiger partial charge < -0.3 is 30.1 Å². The summed E-state index contributed by atoms with van der Waals surface area (Å²) in [4.78, 5) is 61.7. The van der Waals surface area contributed by atoms with Gasteiger partial charge in [0.2, 0.25) is 11.4 Å². The summed E-state index contributed by atoms with van der Waals surface area (Å²) in [6.07, 6.45) is 1.64. The highest BCUT2D eigenvalue weighted by Gasteiger charge is 2.29. The van der Waals surface area contributed by atoms with E-state index in [0.29, 0.717) is 61.5 Å². The summed E-state index contributed by atoms with van der Waals surface area (Å²) in [5.41, 5.74) is 7.35. The van der Waals surface area contributed by atoms with Gasteiger partial charge in [0.15, 0.2) is 0 Å². The fraction of sp³-hybridized carbons (Fsp3) is 0.279. The maximum Gasteiger partial charge on any atom is 0.255 e. The lowest BCUT2D eigenvalue weighted by Gasteiger charge is -2.18. The van der Waals surface area contributed by atoms with Crippen molar-refractivity contribution in [1.82, 2.24) is 31.2 Å². The molecule has 0 aliphatic carbocycles. The van der Waals surface area contributed by atoms with Crippen LogP contribution in [0.25, 0.3) is 67.1 Å². The number of rotatable bonds is 14. The normalized spacial score (nSPS) is 12.1. The third-order valence-corrected chi connectivity index (χ3v) is 13.2. The Balaban J connectivity index is 0.000000221. The minimum absolute atomic E-state index is 0.0484. The van der Waals surface area contributed by atoms with Gasteiger partial charge in [-0.3, -0.25) is 19.2 Å². The molecule has 4 aromatic carbocycles. The maximum absolute atomic E-state index is 13.6. The topological polar surface area (TPSA) is 216 Å². The first-order valence-corrected chi connectivity index (χ1v) is 25.1. The SMILES string of the molecule is CC[C@@H](C)c1nc2oc(-c3ccc(C)cc3)c(C(=O)NC)c2cc1-c1cccc(C(=O)NC(C)(C)C#N)c1.CC[C@H](C)c1nc2oc(-c3ccc(F)cc3)c(C(=O)NC)c2cc1-c1cccc(C(=O)NC(C)(C)C#N)c1. The lowest BCUT2D eigenvalue weighted by Crippen LogP contribution is -2.42. The molecule has 4 amide bonds. The summed E-state index contributed by atoms with van der Waals surface area (Å²) >= 11 is 0. The minimum Gasteiger partial charge on any atom is -0.437 e. The van der Waals surface area contributed by atoms with Crippen LogP contribution in [0.1, 0.15) is 138 Å². The standard InChI is InChI=1S/C31H32N4O3.C30H29FN4O3/c1-7-19(3)26-23(21-9-8-10-22(15-21)28(36)35-31(4,5)17-32)16-24-25(29(37)33-6)27(38-30(24)34-26)20-13-11-18(2)12-14-20;1-6-17(2)25-22(19-8-7-9-20(14-19)27(36)35-30(3,4)16-32)15-23-24(28(37)33-5)26(38-29(23)34-25)18-10-12-21(31)13-11-18/h8-16,19H,7H2,1-6H3,(H,33,37)(H,35,36);7-15,17H,6H2,1-5H3,(H,33,37)(H,35,36)/t19-;17-/m10/s1. The predicted molar refractivity (Wildman–Crippen MR) is 293 cm³/mol. The van der Waals surface area contributed by atoms with Gasteiger partial charge in [-0.15, -0.1) is 0 Å². The fourth-order valence-electron chi connectivity index (χ4n) is 8.51. The summed E-state index contributed by atoms with van der Waals surface area (Å²) in [7, 11) is 3.12. The third kappa shape index (κ3) is 11.7. The Bertz CT molecular complexity index is 3360. The number of nitriles is 2. The summed E-state index contributed by atoms with van der Waals surface area (Å²) < 4.78 is 25.9. The zero-order valence-electron chi connectivity index (χ0n) is 44.6. The first-order chi connectivity index (χ1) is 36.2. The number of amides is 4. The van der Waals surface area contributed by atoms with E-state index in [9.17, 15) is 34.1 Å². The highest BCUT2D eigenvalue weighted by molar-refractivity contribution is 6.12. The molecule has 4 heterocycles. The molecule has 2 atom stereocenters. The van der Waals surface area contributed by atoms with Crippen LogP contribution in [0, 0.1) is 35.4 Å². The van der Waals surface area contributed by atoms with E-state index in [0.717, 1.165) is 57.6 Å². The van der Waals surface area contributed by atoms with Crippen LogP contribution in [0.5, 0.6) is 0 Å². The van der Waals surface area contributed by atoms with E-state index in [1.165, 1.54) is 19.2 Å². The molecule has 4 N–H and O–H groups in total. The number of nitrogens with one attached hydrogen (secondary N) is 4. The maximum atomic E-state index is 13.6. The highest BCUT2D eigenvalue weighted by Crippen LogP contribution is 2.41. The number of fused-ring (bicyclic) bond motifs is 2. The van der Waals surface area contributed by atoms with Gasteiger partial charge >= 0.3 is 0 Å². The lowest BCUT2D eigenvalue weighted by atomic mass is 9.92. The van der Waals surface area contributed by atoms with Gasteiger partial charge in [-0.2, -0.15) is 10.5 Å². The molecular weight excluding hydrogens is 960 g/mol. The number of aryl methyl sites for hydroxylation is 1. The second-order valence-corrected chi connectivity index (χ2v) is 19.9. The molecule has 0 radical (unpaired) electrons. The van der Waals surface area contributed by atoms with Crippen LogP contribution >= 0.6 is 0 Å². The quantitative estimate of drug-likeness (QED) is 0.0808. The Kier molecular flexibility index (Phi) is 16.3. The van der Waals surface area contributed by atoms with Crippen molar-refractivity contribution in [2.45, 2.75) is 98.1 Å². The fourth-order valence-corrected chi connectivity index (χ4v) is 8.51. The van der Waals surface area contributed by atoms with Crippen LogP contribution < -0.4 is 21.3 Å². The summed E-state index contributed by atoms with van der Waals surface area (Å²) in [5.74, 6) is -0.828. The zero-order chi connectivity index (χ0) is 55.2. The average molecular weight is 1020 g/mol. The van der Waals surface area contributed by atoms with Crippen LogP contribution in [0.4, 0.5) is 4.39 Å². The number of aromatic nitrogens is 2. The van der Waals surface area contributed by atoms with Crippen molar-refractivity contribution in [3.05, 3.63) is 154 Å². The Morgan fingerprint density at radius 2 is 0.961 bits per heavy atom. The van der Waals surface area contributed by atoms with E-state index in [2.05, 4.69) is 54.2 Å². The van der Waals surface area contributed by atoms with Gasteiger partial charge in [-0.05, 0) is 131 Å². The number of nitrogens with zero attached hydrogens (tertiary/aromatic N) is 4. The monoisotopic (exact) mass is 1020 g/mol. The van der Waals surface area contributed by atoms with Crippen molar-refractivity contribution >= 4 is 45.8 Å². The minimum atomic E-state index is -1.02. The Morgan fingerprint density at radius 1 is 0.579 bits per heavy atom. The summed E-state index contributed by atoms with van der Waals surface area (Å²) in [6.45, 7) is 16.8. The van der Waals surface area contributed by atoms with Gasteiger partial charge in [0.1, 0.15) is 28.4 Å². The summed E-state index contributed by atoms with van der Waals surface area (Å²) in [5, 5.41) is 30.6. The van der Waals surface area contributed by atoms with Gasteiger partial charge in [0.25, 0.3) is 23.6 Å². The molecule has 0 aliphatic heterocycles. The van der Waals surface area contributed by atoms with Crippen LogP contribution in [0.2, 0.25) is 0 Å².